The van der Waals surface area contributed by atoms with Crippen molar-refractivity contribution in [3.63, 3.8) is 0 Å². The van der Waals surface area contributed by atoms with Crippen LogP contribution in [0.15, 0.2) is 63.6 Å². The lowest BCUT2D eigenvalue weighted by molar-refractivity contribution is 0.170. The third kappa shape index (κ3) is 2.64. The van der Waals surface area contributed by atoms with Gasteiger partial charge in [0.1, 0.15) is 0 Å². The van der Waals surface area contributed by atoms with Gasteiger partial charge in [0, 0.05) is 10.0 Å². The van der Waals surface area contributed by atoms with Gasteiger partial charge in [0.2, 0.25) is 5.82 Å². The minimum absolute atomic E-state index is 0.189. The molecule has 1 heterocycles. The molecule has 1 N–H and O–H groups in total. The summed E-state index contributed by atoms with van der Waals surface area (Å²) in [5, 5.41) is 14.1. The molecule has 1 aromatic heterocycles. The first kappa shape index (κ1) is 13.0. The number of aliphatic hydroxyl groups is 1. The molecular formula is C15H11BrN2O2. The van der Waals surface area contributed by atoms with Gasteiger partial charge in [-0.25, -0.2) is 0 Å². The molecule has 2 aromatic carbocycles. The van der Waals surface area contributed by atoms with E-state index >= 15 is 0 Å². The standard InChI is InChI=1S/C15H11BrN2O2/c16-12-8-6-11(7-9-12)14-17-15(20-18-14)13(19)10-4-2-1-3-5-10/h1-9,13,19H. The molecule has 1 unspecified atom stereocenters. The van der Waals surface area contributed by atoms with Crippen LogP contribution < -0.4 is 0 Å². The Balaban J connectivity index is 1.89. The number of rotatable bonds is 3. The van der Waals surface area contributed by atoms with Crippen LogP contribution in [0.4, 0.5) is 0 Å². The van der Waals surface area contributed by atoms with Crippen LogP contribution in [0.1, 0.15) is 17.6 Å². The molecule has 0 amide bonds. The van der Waals surface area contributed by atoms with Gasteiger partial charge in [0.25, 0.3) is 5.89 Å². The molecule has 20 heavy (non-hydrogen) atoms. The predicted octanol–water partition coefficient (Wildman–Crippen LogP) is 3.58. The monoisotopic (exact) mass is 330 g/mol. The highest BCUT2D eigenvalue weighted by Crippen LogP contribution is 2.24. The van der Waals surface area contributed by atoms with E-state index in [0.29, 0.717) is 5.82 Å². The van der Waals surface area contributed by atoms with Gasteiger partial charge in [-0.05, 0) is 29.8 Å². The van der Waals surface area contributed by atoms with Gasteiger partial charge in [-0.3, -0.25) is 0 Å². The fourth-order valence-electron chi connectivity index (χ4n) is 1.84. The van der Waals surface area contributed by atoms with Gasteiger partial charge >= 0.3 is 0 Å². The van der Waals surface area contributed by atoms with Crippen molar-refractivity contribution in [2.24, 2.45) is 0 Å². The number of hydrogen-bond acceptors (Lipinski definition) is 4. The average Bonchev–Trinajstić information content (AvgIpc) is 2.98. The van der Waals surface area contributed by atoms with Gasteiger partial charge in [0.15, 0.2) is 6.10 Å². The van der Waals surface area contributed by atoms with Crippen molar-refractivity contribution in [3.05, 3.63) is 70.5 Å². The van der Waals surface area contributed by atoms with Crippen LogP contribution in [0.5, 0.6) is 0 Å². The number of aliphatic hydroxyl groups excluding tert-OH is 1. The summed E-state index contributed by atoms with van der Waals surface area (Å²) in [6, 6.07) is 16.8. The van der Waals surface area contributed by atoms with Crippen LogP contribution in [-0.4, -0.2) is 15.2 Å². The van der Waals surface area contributed by atoms with Crippen molar-refractivity contribution in [1.82, 2.24) is 10.1 Å². The number of halogens is 1. The molecule has 0 aliphatic heterocycles. The maximum atomic E-state index is 10.2. The van der Waals surface area contributed by atoms with Crippen LogP contribution in [0.25, 0.3) is 11.4 Å². The fraction of sp³-hybridized carbons (Fsp3) is 0.0667. The molecule has 0 fully saturated rings. The SMILES string of the molecule is OC(c1ccccc1)c1nc(-c2ccc(Br)cc2)no1. The summed E-state index contributed by atoms with van der Waals surface area (Å²) in [7, 11) is 0. The number of benzene rings is 2. The molecule has 0 saturated carbocycles. The molecule has 3 rings (SSSR count). The van der Waals surface area contributed by atoms with Crippen molar-refractivity contribution in [1.29, 1.82) is 0 Å². The van der Waals surface area contributed by atoms with E-state index in [9.17, 15) is 5.11 Å². The van der Waals surface area contributed by atoms with Crippen LogP contribution in [-0.2, 0) is 0 Å². The molecule has 0 aliphatic carbocycles. The minimum Gasteiger partial charge on any atom is -0.378 e. The first-order valence-corrected chi connectivity index (χ1v) is 6.86. The lowest BCUT2D eigenvalue weighted by atomic mass is 10.1. The Morgan fingerprint density at radius 1 is 1.00 bits per heavy atom. The second-order valence-electron chi connectivity index (χ2n) is 4.28. The maximum Gasteiger partial charge on any atom is 0.260 e. The molecule has 0 radical (unpaired) electrons. The zero-order valence-electron chi connectivity index (χ0n) is 10.4. The van der Waals surface area contributed by atoms with E-state index in [1.165, 1.54) is 0 Å². The van der Waals surface area contributed by atoms with Gasteiger partial charge < -0.3 is 9.63 Å². The van der Waals surface area contributed by atoms with Gasteiger partial charge in [-0.2, -0.15) is 4.98 Å². The van der Waals surface area contributed by atoms with Crippen molar-refractivity contribution >= 4 is 15.9 Å². The molecule has 4 nitrogen and oxygen atoms in total. The lowest BCUT2D eigenvalue weighted by Crippen LogP contribution is -1.99. The van der Waals surface area contributed by atoms with Crippen molar-refractivity contribution < 1.29 is 9.63 Å². The summed E-state index contributed by atoms with van der Waals surface area (Å²) >= 11 is 3.37. The fourth-order valence-corrected chi connectivity index (χ4v) is 2.10. The summed E-state index contributed by atoms with van der Waals surface area (Å²) < 4.78 is 6.12. The van der Waals surface area contributed by atoms with E-state index < -0.39 is 6.10 Å². The lowest BCUT2D eigenvalue weighted by Gasteiger charge is -2.04. The smallest absolute Gasteiger partial charge is 0.260 e. The zero-order valence-corrected chi connectivity index (χ0v) is 12.0. The number of nitrogens with zero attached hydrogens (tertiary/aromatic N) is 2. The van der Waals surface area contributed by atoms with E-state index in [-0.39, 0.29) is 5.89 Å². The normalized spacial score (nSPS) is 12.3. The maximum absolute atomic E-state index is 10.2. The van der Waals surface area contributed by atoms with Crippen molar-refractivity contribution in [3.8, 4) is 11.4 Å². The van der Waals surface area contributed by atoms with Crippen molar-refractivity contribution in [2.75, 3.05) is 0 Å². The molecule has 0 spiro atoms. The van der Waals surface area contributed by atoms with Gasteiger partial charge in [0.05, 0.1) is 0 Å². The van der Waals surface area contributed by atoms with Gasteiger partial charge in [-0.1, -0.05) is 51.4 Å². The molecule has 0 saturated heterocycles. The Labute approximate surface area is 124 Å². The molecule has 3 aromatic rings. The van der Waals surface area contributed by atoms with Crippen LogP contribution >= 0.6 is 15.9 Å². The van der Waals surface area contributed by atoms with Crippen LogP contribution in [0.3, 0.4) is 0 Å². The topological polar surface area (TPSA) is 59.2 Å². The summed E-state index contributed by atoms with van der Waals surface area (Å²) in [4.78, 5) is 4.24. The highest BCUT2D eigenvalue weighted by atomic mass is 79.9. The molecule has 1 atom stereocenters. The summed E-state index contributed by atoms with van der Waals surface area (Å²) in [6.45, 7) is 0. The number of hydrogen-bond donors (Lipinski definition) is 1. The Bertz CT molecular complexity index is 695. The second-order valence-corrected chi connectivity index (χ2v) is 5.19. The average molecular weight is 331 g/mol. The quantitative estimate of drug-likeness (QED) is 0.797. The highest BCUT2D eigenvalue weighted by Gasteiger charge is 2.18. The van der Waals surface area contributed by atoms with Crippen LogP contribution in [0.2, 0.25) is 0 Å². The summed E-state index contributed by atoms with van der Waals surface area (Å²) in [5.74, 6) is 0.650. The second kappa shape index (κ2) is 5.56. The first-order chi connectivity index (χ1) is 9.74. The zero-order chi connectivity index (χ0) is 13.9. The molecule has 0 bridgehead atoms. The van der Waals surface area contributed by atoms with E-state index in [0.717, 1.165) is 15.6 Å². The Morgan fingerprint density at radius 3 is 2.40 bits per heavy atom. The molecule has 0 aliphatic rings. The first-order valence-electron chi connectivity index (χ1n) is 6.06. The summed E-state index contributed by atoms with van der Waals surface area (Å²) in [6.07, 6.45) is -0.909. The van der Waals surface area contributed by atoms with E-state index in [1.807, 2.05) is 54.6 Å². The minimum atomic E-state index is -0.909. The Morgan fingerprint density at radius 2 is 1.70 bits per heavy atom. The third-order valence-corrected chi connectivity index (χ3v) is 3.42. The van der Waals surface area contributed by atoms with E-state index in [2.05, 4.69) is 26.1 Å². The Hall–Kier alpha value is -1.98. The third-order valence-electron chi connectivity index (χ3n) is 2.89. The molecule has 5 heteroatoms. The largest absolute Gasteiger partial charge is 0.378 e. The molecular weight excluding hydrogens is 320 g/mol. The van der Waals surface area contributed by atoms with Crippen LogP contribution in [0, 0.1) is 0 Å². The highest BCUT2D eigenvalue weighted by molar-refractivity contribution is 9.10. The van der Waals surface area contributed by atoms with E-state index in [1.54, 1.807) is 0 Å². The predicted molar refractivity (Wildman–Crippen MR) is 77.9 cm³/mol. The van der Waals surface area contributed by atoms with E-state index in [4.69, 9.17) is 4.52 Å². The van der Waals surface area contributed by atoms with Gasteiger partial charge in [-0.15, -0.1) is 0 Å². The molecule has 100 valence electrons. The summed E-state index contributed by atoms with van der Waals surface area (Å²) in [5.41, 5.74) is 1.56. The van der Waals surface area contributed by atoms with Crippen molar-refractivity contribution in [2.45, 2.75) is 6.10 Å². The Kier molecular flexibility index (Phi) is 3.62. The number of aromatic nitrogens is 2.